The molecule has 0 spiro atoms. The average molecular weight is 188 g/mol. The molecule has 72 valence electrons. The van der Waals surface area contributed by atoms with Crippen LogP contribution in [0, 0.1) is 12.3 Å². The van der Waals surface area contributed by atoms with Crippen molar-refractivity contribution in [2.45, 2.75) is 26.4 Å². The zero-order valence-electron chi connectivity index (χ0n) is 8.33. The third-order valence-corrected chi connectivity index (χ3v) is 3.33. The number of hydrogen-bond acceptors (Lipinski definition) is 2. The van der Waals surface area contributed by atoms with E-state index in [1.165, 1.54) is 0 Å². The van der Waals surface area contributed by atoms with Crippen LogP contribution >= 0.6 is 0 Å². The van der Waals surface area contributed by atoms with Crippen molar-refractivity contribution in [1.29, 1.82) is 0 Å². The molecule has 0 N–H and O–H groups in total. The van der Waals surface area contributed by atoms with E-state index in [0.717, 1.165) is 23.3 Å². The maximum absolute atomic E-state index is 12.0. The summed E-state index contributed by atoms with van der Waals surface area (Å²) in [6.45, 7) is 4.00. The lowest BCUT2D eigenvalue weighted by Gasteiger charge is -2.20. The number of ketones is 1. The highest BCUT2D eigenvalue weighted by Crippen LogP contribution is 2.54. The molecule has 1 aliphatic carbocycles. The molecule has 0 bridgehead atoms. The number of benzene rings is 1. The van der Waals surface area contributed by atoms with E-state index in [1.807, 2.05) is 32.0 Å². The van der Waals surface area contributed by atoms with Gasteiger partial charge in [0.25, 0.3) is 0 Å². The van der Waals surface area contributed by atoms with Gasteiger partial charge < -0.3 is 4.74 Å². The maximum atomic E-state index is 12.0. The summed E-state index contributed by atoms with van der Waals surface area (Å²) < 4.78 is 5.74. The fourth-order valence-electron chi connectivity index (χ4n) is 2.11. The molecule has 3 rings (SSSR count). The van der Waals surface area contributed by atoms with Crippen LogP contribution in [0.15, 0.2) is 18.2 Å². The lowest BCUT2D eigenvalue weighted by atomic mass is 9.93. The van der Waals surface area contributed by atoms with Gasteiger partial charge >= 0.3 is 0 Å². The first-order valence-electron chi connectivity index (χ1n) is 4.93. The van der Waals surface area contributed by atoms with Gasteiger partial charge in [-0.05, 0) is 31.5 Å². The summed E-state index contributed by atoms with van der Waals surface area (Å²) in [6.07, 6.45) is 1.00. The summed E-state index contributed by atoms with van der Waals surface area (Å²) in [6, 6.07) is 5.80. The van der Waals surface area contributed by atoms with Crippen LogP contribution in [0.2, 0.25) is 0 Å². The van der Waals surface area contributed by atoms with E-state index in [9.17, 15) is 4.79 Å². The van der Waals surface area contributed by atoms with Crippen molar-refractivity contribution in [3.05, 3.63) is 29.3 Å². The Hall–Kier alpha value is -1.31. The number of rotatable bonds is 0. The highest BCUT2D eigenvalue weighted by Gasteiger charge is 2.61. The topological polar surface area (TPSA) is 26.3 Å². The number of fused-ring (bicyclic) bond motifs is 2. The van der Waals surface area contributed by atoms with Crippen molar-refractivity contribution >= 4 is 5.78 Å². The molecule has 1 heterocycles. The van der Waals surface area contributed by atoms with Gasteiger partial charge in [-0.3, -0.25) is 4.79 Å². The monoisotopic (exact) mass is 188 g/mol. The van der Waals surface area contributed by atoms with Crippen molar-refractivity contribution in [2.24, 2.45) is 5.41 Å². The molecule has 14 heavy (non-hydrogen) atoms. The van der Waals surface area contributed by atoms with Crippen molar-refractivity contribution in [1.82, 2.24) is 0 Å². The standard InChI is InChI=1S/C12H12O2/c1-7-3-4-8-9(5-7)14-10-6-12(10,2)11(8)13/h3-5,10H,6H2,1-2H3. The Morgan fingerprint density at radius 1 is 1.50 bits per heavy atom. The Morgan fingerprint density at radius 2 is 2.29 bits per heavy atom. The first-order valence-corrected chi connectivity index (χ1v) is 4.93. The van der Waals surface area contributed by atoms with Crippen molar-refractivity contribution in [3.8, 4) is 5.75 Å². The van der Waals surface area contributed by atoms with E-state index in [-0.39, 0.29) is 17.3 Å². The minimum absolute atomic E-state index is 0.129. The molecule has 1 aromatic carbocycles. The van der Waals surface area contributed by atoms with Crippen LogP contribution in [-0.2, 0) is 0 Å². The lowest BCUT2D eigenvalue weighted by molar-refractivity contribution is 0.0838. The molecule has 1 saturated carbocycles. The molecule has 2 nitrogen and oxygen atoms in total. The molecule has 0 amide bonds. The average Bonchev–Trinajstić information content (AvgIpc) is 2.78. The molecule has 2 atom stereocenters. The Labute approximate surface area is 82.9 Å². The molecular formula is C12H12O2. The zero-order valence-corrected chi connectivity index (χ0v) is 8.33. The van der Waals surface area contributed by atoms with Gasteiger partial charge in [-0.15, -0.1) is 0 Å². The number of carbonyl (C=O) groups excluding carboxylic acids is 1. The smallest absolute Gasteiger partial charge is 0.176 e. The Kier molecular flexibility index (Phi) is 1.26. The molecular weight excluding hydrogens is 176 g/mol. The highest BCUT2D eigenvalue weighted by molar-refractivity contribution is 6.06. The van der Waals surface area contributed by atoms with Crippen molar-refractivity contribution in [3.63, 3.8) is 0 Å². The molecule has 2 unspecified atom stereocenters. The van der Waals surface area contributed by atoms with Gasteiger partial charge in [0, 0.05) is 6.42 Å². The normalized spacial score (nSPS) is 33.0. The Morgan fingerprint density at radius 3 is 3.07 bits per heavy atom. The van der Waals surface area contributed by atoms with Gasteiger partial charge in [-0.1, -0.05) is 6.07 Å². The second-order valence-corrected chi connectivity index (χ2v) is 4.56. The second kappa shape index (κ2) is 2.19. The molecule has 0 saturated heterocycles. The van der Waals surface area contributed by atoms with E-state index in [1.54, 1.807) is 0 Å². The number of Topliss-reactive ketones (excluding diaryl/α,β-unsaturated/α-hetero) is 1. The summed E-state index contributed by atoms with van der Waals surface area (Å²) in [5, 5.41) is 0. The summed E-state index contributed by atoms with van der Waals surface area (Å²) in [5.41, 5.74) is 1.68. The van der Waals surface area contributed by atoms with Crippen molar-refractivity contribution < 1.29 is 9.53 Å². The summed E-state index contributed by atoms with van der Waals surface area (Å²) in [4.78, 5) is 12.0. The maximum Gasteiger partial charge on any atom is 0.176 e. The summed E-state index contributed by atoms with van der Waals surface area (Å²) >= 11 is 0. The molecule has 0 radical (unpaired) electrons. The summed E-state index contributed by atoms with van der Waals surface area (Å²) in [7, 11) is 0. The fraction of sp³-hybridized carbons (Fsp3) is 0.417. The number of carbonyl (C=O) groups is 1. The molecule has 1 fully saturated rings. The number of ether oxygens (including phenoxy) is 1. The predicted molar refractivity (Wildman–Crippen MR) is 52.6 cm³/mol. The minimum atomic E-state index is -0.220. The first kappa shape index (κ1) is 8.04. The quantitative estimate of drug-likeness (QED) is 0.624. The van der Waals surface area contributed by atoms with Crippen LogP contribution in [0.25, 0.3) is 0 Å². The van der Waals surface area contributed by atoms with Gasteiger partial charge in [0.15, 0.2) is 5.78 Å². The van der Waals surface area contributed by atoms with Gasteiger partial charge in [0.05, 0.1) is 11.0 Å². The van der Waals surface area contributed by atoms with Crippen LogP contribution in [0.1, 0.15) is 29.3 Å². The van der Waals surface area contributed by atoms with Crippen molar-refractivity contribution in [2.75, 3.05) is 0 Å². The van der Waals surface area contributed by atoms with E-state index in [4.69, 9.17) is 4.74 Å². The third kappa shape index (κ3) is 0.834. The van der Waals surface area contributed by atoms with Crippen LogP contribution in [0.3, 0.4) is 0 Å². The van der Waals surface area contributed by atoms with Crippen LogP contribution in [0.5, 0.6) is 5.75 Å². The third-order valence-electron chi connectivity index (χ3n) is 3.33. The van der Waals surface area contributed by atoms with Gasteiger partial charge in [0.1, 0.15) is 11.9 Å². The van der Waals surface area contributed by atoms with E-state index in [0.29, 0.717) is 0 Å². The SMILES string of the molecule is Cc1ccc2c(c1)OC1CC1(C)C2=O. The highest BCUT2D eigenvalue weighted by atomic mass is 16.5. The Bertz CT molecular complexity index is 436. The molecule has 2 heteroatoms. The first-order chi connectivity index (χ1) is 6.61. The van der Waals surface area contributed by atoms with Gasteiger partial charge in [-0.25, -0.2) is 0 Å². The lowest BCUT2D eigenvalue weighted by Crippen LogP contribution is -2.25. The van der Waals surface area contributed by atoms with Gasteiger partial charge in [0.2, 0.25) is 0 Å². The molecule has 1 aliphatic heterocycles. The molecule has 1 aromatic rings. The minimum Gasteiger partial charge on any atom is -0.489 e. The summed E-state index contributed by atoms with van der Waals surface area (Å²) in [5.74, 6) is 1.03. The fourth-order valence-corrected chi connectivity index (χ4v) is 2.11. The van der Waals surface area contributed by atoms with Gasteiger partial charge in [-0.2, -0.15) is 0 Å². The number of aryl methyl sites for hydroxylation is 1. The largest absolute Gasteiger partial charge is 0.489 e. The number of hydrogen-bond donors (Lipinski definition) is 0. The second-order valence-electron chi connectivity index (χ2n) is 4.56. The van der Waals surface area contributed by atoms with E-state index in [2.05, 4.69) is 0 Å². The molecule has 2 aliphatic rings. The zero-order chi connectivity index (χ0) is 9.92. The van der Waals surface area contributed by atoms with E-state index < -0.39 is 0 Å². The van der Waals surface area contributed by atoms with E-state index >= 15 is 0 Å². The predicted octanol–water partition coefficient (Wildman–Crippen LogP) is 2.35. The Balaban J connectivity index is 2.16. The van der Waals surface area contributed by atoms with Crippen LogP contribution < -0.4 is 4.74 Å². The molecule has 0 aromatic heterocycles. The van der Waals surface area contributed by atoms with Crippen LogP contribution in [-0.4, -0.2) is 11.9 Å². The van der Waals surface area contributed by atoms with Crippen LogP contribution in [0.4, 0.5) is 0 Å².